The lowest BCUT2D eigenvalue weighted by molar-refractivity contribution is -0.931. The van der Waals surface area contributed by atoms with Gasteiger partial charge >= 0.3 is 0 Å². The molecule has 2 heterocycles. The molecule has 2 saturated heterocycles. The Labute approximate surface area is 179 Å². The molecule has 5 heteroatoms. The second-order valence-electron chi connectivity index (χ2n) is 9.97. The summed E-state index contributed by atoms with van der Waals surface area (Å²) < 4.78 is 7.07. The normalized spacial score (nSPS) is 40.9. The number of fused-ring (bicyclic) bond motifs is 4. The van der Waals surface area contributed by atoms with Gasteiger partial charge in [-0.25, -0.2) is 0 Å². The van der Waals surface area contributed by atoms with Crippen LogP contribution in [0.1, 0.15) is 56.9 Å². The first-order valence-corrected chi connectivity index (χ1v) is 10.8. The van der Waals surface area contributed by atoms with E-state index in [-0.39, 0.29) is 34.7 Å². The van der Waals surface area contributed by atoms with Crippen molar-refractivity contribution >= 4 is 23.1 Å². The Morgan fingerprint density at radius 1 is 1.04 bits per heavy atom. The number of benzene rings is 1. The summed E-state index contributed by atoms with van der Waals surface area (Å²) in [5.74, 6) is 1.21. The predicted octanol–water partition coefficient (Wildman–Crippen LogP) is 3.78. The third-order valence-electron chi connectivity index (χ3n) is 8.43. The predicted molar refractivity (Wildman–Crippen MR) is 114 cm³/mol. The van der Waals surface area contributed by atoms with Gasteiger partial charge in [-0.1, -0.05) is 30.3 Å². The van der Waals surface area contributed by atoms with Crippen molar-refractivity contribution in [3.8, 4) is 0 Å². The zero-order chi connectivity index (χ0) is 18.6. The molecule has 0 radical (unpaired) electrons. The van der Waals surface area contributed by atoms with Gasteiger partial charge in [0.25, 0.3) is 0 Å². The summed E-state index contributed by atoms with van der Waals surface area (Å²) in [7, 11) is 4.68. The van der Waals surface area contributed by atoms with E-state index in [0.717, 1.165) is 29.7 Å². The highest BCUT2D eigenvalue weighted by Crippen LogP contribution is 2.57. The molecular weight excluding hydrogens is 416 g/mol. The van der Waals surface area contributed by atoms with E-state index in [2.05, 4.69) is 38.4 Å². The lowest BCUT2D eigenvalue weighted by atomic mass is 9.76. The number of rotatable bonds is 3. The minimum Gasteiger partial charge on any atom is -0.597 e. The molecule has 4 nitrogen and oxygen atoms in total. The maximum atomic E-state index is 12.9. The monoisotopic (exact) mass is 448 g/mol. The van der Waals surface area contributed by atoms with E-state index in [1.807, 2.05) is 6.07 Å². The van der Waals surface area contributed by atoms with Gasteiger partial charge in [0.05, 0.1) is 31.7 Å². The number of aliphatic imine (C=N–C) groups is 1. The van der Waals surface area contributed by atoms with Crippen LogP contribution in [0.2, 0.25) is 0 Å². The number of ether oxygens (including phenoxy) is 1. The first-order chi connectivity index (χ1) is 13.0. The Kier molecular flexibility index (Phi) is 5.28. The van der Waals surface area contributed by atoms with Gasteiger partial charge < -0.3 is 14.3 Å². The van der Waals surface area contributed by atoms with Crippen molar-refractivity contribution < 1.29 is 14.3 Å². The maximum Gasteiger partial charge on any atom is 0.146 e. The number of piperidine rings is 1. The van der Waals surface area contributed by atoms with Crippen molar-refractivity contribution in [3.63, 3.8) is 0 Å². The van der Waals surface area contributed by atoms with E-state index >= 15 is 0 Å². The Morgan fingerprint density at radius 2 is 1.71 bits per heavy atom. The Morgan fingerprint density at radius 3 is 2.29 bits per heavy atom. The first-order valence-electron chi connectivity index (χ1n) is 10.8. The SMILES string of the molecule is Br.C[N+]1(C)C2CCC1CC(OC([O-])=NC1(c3ccccc3)CC3CCC1C3)C2. The van der Waals surface area contributed by atoms with E-state index in [1.54, 1.807) is 0 Å². The van der Waals surface area contributed by atoms with Gasteiger partial charge in [-0.2, -0.15) is 0 Å². The third kappa shape index (κ3) is 3.19. The Balaban J connectivity index is 0.00000192. The zero-order valence-corrected chi connectivity index (χ0v) is 18.8. The minimum absolute atomic E-state index is 0. The summed E-state index contributed by atoms with van der Waals surface area (Å²) in [6.45, 7) is 0. The summed E-state index contributed by atoms with van der Waals surface area (Å²) in [5.41, 5.74) is 0.861. The average Bonchev–Trinajstić information content (AvgIpc) is 3.26. The molecule has 1 aromatic carbocycles. The summed E-state index contributed by atoms with van der Waals surface area (Å²) in [6.07, 6.45) is 8.96. The van der Waals surface area contributed by atoms with Crippen LogP contribution in [0, 0.1) is 11.8 Å². The molecule has 2 aliphatic carbocycles. The fourth-order valence-electron chi connectivity index (χ4n) is 6.84. The molecule has 5 unspecified atom stereocenters. The van der Waals surface area contributed by atoms with Crippen molar-refractivity contribution in [2.75, 3.05) is 14.1 Å². The maximum absolute atomic E-state index is 12.9. The average molecular weight is 449 g/mol. The van der Waals surface area contributed by atoms with Crippen LogP contribution >= 0.6 is 17.0 Å². The highest BCUT2D eigenvalue weighted by molar-refractivity contribution is 8.93. The van der Waals surface area contributed by atoms with Gasteiger partial charge in [0, 0.05) is 31.8 Å². The van der Waals surface area contributed by atoms with Gasteiger partial charge in [-0.15, -0.1) is 17.0 Å². The molecule has 5 atom stereocenters. The molecule has 0 N–H and O–H groups in total. The molecule has 0 aromatic heterocycles. The number of quaternary nitrogens is 1. The summed E-state index contributed by atoms with van der Waals surface area (Å²) in [4.78, 5) is 4.80. The van der Waals surface area contributed by atoms with Crippen LogP contribution < -0.4 is 5.11 Å². The summed E-state index contributed by atoms with van der Waals surface area (Å²) >= 11 is 0. The standard InChI is InChI=1S/C23H32N2O2.BrH/c1-25(2)19-10-11-20(25)14-21(13-19)27-22(26)24-23(17-6-4-3-5-7-17)15-16-8-9-18(23)12-16;/h3-7,16,18-21H,8-15H2,1-2H3;1H. The van der Waals surface area contributed by atoms with Crippen LogP contribution in [-0.2, 0) is 10.3 Å². The largest absolute Gasteiger partial charge is 0.597 e. The Bertz CT molecular complexity index is 721. The molecule has 1 aromatic rings. The Hall–Kier alpha value is -1.07. The lowest BCUT2D eigenvalue weighted by Gasteiger charge is -2.46. The van der Waals surface area contributed by atoms with Crippen molar-refractivity contribution in [2.24, 2.45) is 16.8 Å². The van der Waals surface area contributed by atoms with Gasteiger partial charge in [-0.3, -0.25) is 4.99 Å². The molecule has 5 rings (SSSR count). The first kappa shape index (κ1) is 20.2. The zero-order valence-electron chi connectivity index (χ0n) is 17.0. The molecule has 4 aliphatic rings. The molecule has 4 bridgehead atoms. The highest BCUT2D eigenvalue weighted by Gasteiger charge is 2.52. The molecule has 0 spiro atoms. The van der Waals surface area contributed by atoms with E-state index < -0.39 is 0 Å². The minimum atomic E-state index is -0.343. The van der Waals surface area contributed by atoms with Gasteiger partial charge in [0.15, 0.2) is 0 Å². The number of nitrogens with zero attached hydrogens (tertiary/aromatic N) is 2. The van der Waals surface area contributed by atoms with Crippen LogP contribution in [0.3, 0.4) is 0 Å². The second-order valence-corrected chi connectivity index (χ2v) is 9.97. The quantitative estimate of drug-likeness (QED) is 0.401. The highest BCUT2D eigenvalue weighted by atomic mass is 79.9. The molecule has 2 saturated carbocycles. The summed E-state index contributed by atoms with van der Waals surface area (Å²) in [5, 5.41) is 12.9. The molecule has 4 fully saturated rings. The van der Waals surface area contributed by atoms with Crippen LogP contribution in [0.5, 0.6) is 0 Å². The van der Waals surface area contributed by atoms with Crippen molar-refractivity contribution in [3.05, 3.63) is 35.9 Å². The van der Waals surface area contributed by atoms with Gasteiger partial charge in [0.2, 0.25) is 0 Å². The fraction of sp³-hybridized carbons (Fsp3) is 0.696. The van der Waals surface area contributed by atoms with E-state index in [1.165, 1.54) is 37.7 Å². The van der Waals surface area contributed by atoms with Crippen LogP contribution in [0.4, 0.5) is 0 Å². The third-order valence-corrected chi connectivity index (χ3v) is 8.43. The van der Waals surface area contributed by atoms with E-state index in [0.29, 0.717) is 18.0 Å². The molecule has 2 aliphatic heterocycles. The molecular formula is C23H33BrN2O2. The van der Waals surface area contributed by atoms with Crippen LogP contribution in [0.25, 0.3) is 0 Å². The van der Waals surface area contributed by atoms with E-state index in [9.17, 15) is 5.11 Å². The second kappa shape index (κ2) is 7.32. The molecule has 28 heavy (non-hydrogen) atoms. The van der Waals surface area contributed by atoms with Gasteiger partial charge in [0.1, 0.15) is 6.08 Å². The van der Waals surface area contributed by atoms with Crippen LogP contribution in [-0.4, -0.2) is 42.8 Å². The van der Waals surface area contributed by atoms with Crippen molar-refractivity contribution in [2.45, 2.75) is 75.1 Å². The number of hydrogen-bond acceptors (Lipinski definition) is 3. The fourth-order valence-corrected chi connectivity index (χ4v) is 6.84. The van der Waals surface area contributed by atoms with Crippen molar-refractivity contribution in [1.29, 1.82) is 0 Å². The van der Waals surface area contributed by atoms with Gasteiger partial charge in [-0.05, 0) is 43.1 Å². The van der Waals surface area contributed by atoms with Crippen molar-refractivity contribution in [1.82, 2.24) is 0 Å². The smallest absolute Gasteiger partial charge is 0.146 e. The summed E-state index contributed by atoms with van der Waals surface area (Å²) in [6, 6.07) is 11.8. The topological polar surface area (TPSA) is 44.6 Å². The van der Waals surface area contributed by atoms with E-state index in [4.69, 9.17) is 9.73 Å². The molecule has 0 amide bonds. The number of hydrogen-bond donors (Lipinski definition) is 0. The lowest BCUT2D eigenvalue weighted by Crippen LogP contribution is -2.56. The number of halogens is 1. The van der Waals surface area contributed by atoms with Crippen LogP contribution in [0.15, 0.2) is 35.3 Å². The molecule has 154 valence electrons.